The van der Waals surface area contributed by atoms with Gasteiger partial charge in [0.25, 0.3) is 0 Å². The number of fused-ring (bicyclic) bond motifs is 8. The number of hydrogen-bond donors (Lipinski definition) is 0. The van der Waals surface area contributed by atoms with Crippen LogP contribution >= 0.6 is 0 Å². The molecule has 0 bridgehead atoms. The number of para-hydroxylation sites is 4. The average Bonchev–Trinajstić information content (AvgIpc) is 3.89. The van der Waals surface area contributed by atoms with Crippen LogP contribution in [0.4, 0.5) is 17.1 Å². The summed E-state index contributed by atoms with van der Waals surface area (Å²) in [7, 11) is 0. The van der Waals surface area contributed by atoms with E-state index in [0.717, 1.165) is 72.2 Å². The van der Waals surface area contributed by atoms with E-state index in [4.69, 9.17) is 4.42 Å². The Kier molecular flexibility index (Phi) is 8.17. The molecule has 10 aromatic carbocycles. The molecule has 0 aliphatic heterocycles. The maximum Gasteiger partial charge on any atom is 0.143 e. The van der Waals surface area contributed by atoms with Crippen molar-refractivity contribution in [1.82, 2.24) is 4.57 Å². The van der Waals surface area contributed by atoms with Gasteiger partial charge in [0.2, 0.25) is 0 Å². The van der Waals surface area contributed by atoms with Gasteiger partial charge >= 0.3 is 0 Å². The molecule has 0 amide bonds. The zero-order chi connectivity index (χ0) is 40.3. The normalized spacial score (nSPS) is 11.6. The molecule has 3 nitrogen and oxygen atoms in total. The van der Waals surface area contributed by atoms with Crippen molar-refractivity contribution in [3.63, 3.8) is 0 Å². The van der Waals surface area contributed by atoms with Gasteiger partial charge in [0.1, 0.15) is 11.2 Å². The van der Waals surface area contributed by atoms with Crippen molar-refractivity contribution in [2.75, 3.05) is 4.90 Å². The molecule has 0 spiro atoms. The third-order valence-electron chi connectivity index (χ3n) is 12.1. The molecule has 12 aromatic rings. The van der Waals surface area contributed by atoms with E-state index in [1.807, 2.05) is 0 Å². The summed E-state index contributed by atoms with van der Waals surface area (Å²) in [6.07, 6.45) is 0. The van der Waals surface area contributed by atoms with Crippen molar-refractivity contribution in [3.05, 3.63) is 231 Å². The van der Waals surface area contributed by atoms with Gasteiger partial charge in [0, 0.05) is 38.6 Å². The Morgan fingerprint density at radius 2 is 0.852 bits per heavy atom. The van der Waals surface area contributed by atoms with Crippen LogP contribution in [-0.4, -0.2) is 4.57 Å². The molecule has 0 aliphatic carbocycles. The summed E-state index contributed by atoms with van der Waals surface area (Å²) in [6.45, 7) is 0. The minimum atomic E-state index is 0.861. The van der Waals surface area contributed by atoms with Gasteiger partial charge in [0.05, 0.1) is 22.1 Å². The van der Waals surface area contributed by atoms with Gasteiger partial charge in [0.15, 0.2) is 0 Å². The van der Waals surface area contributed by atoms with Gasteiger partial charge in [-0.05, 0) is 112 Å². The third kappa shape index (κ3) is 5.82. The van der Waals surface area contributed by atoms with E-state index in [1.54, 1.807) is 0 Å². The van der Waals surface area contributed by atoms with Crippen molar-refractivity contribution in [2.24, 2.45) is 0 Å². The Bertz CT molecular complexity index is 3470. The largest absolute Gasteiger partial charge is 0.455 e. The molecule has 0 atom stereocenters. The fraction of sp³-hybridized carbons (Fsp3) is 0. The molecule has 0 radical (unpaired) electrons. The number of furan rings is 1. The van der Waals surface area contributed by atoms with E-state index in [1.165, 1.54) is 38.5 Å². The van der Waals surface area contributed by atoms with Crippen LogP contribution in [0.3, 0.4) is 0 Å². The van der Waals surface area contributed by atoms with Crippen LogP contribution < -0.4 is 4.90 Å². The fourth-order valence-electron chi connectivity index (χ4n) is 9.38. The number of aromatic nitrogens is 1. The van der Waals surface area contributed by atoms with E-state index in [2.05, 4.69) is 240 Å². The minimum absolute atomic E-state index is 0.861. The Labute approximate surface area is 353 Å². The van der Waals surface area contributed by atoms with Gasteiger partial charge in [-0.1, -0.05) is 158 Å². The summed E-state index contributed by atoms with van der Waals surface area (Å²) in [5.74, 6) is 0. The Morgan fingerprint density at radius 3 is 1.48 bits per heavy atom. The predicted octanol–water partition coefficient (Wildman–Crippen LogP) is 16.3. The van der Waals surface area contributed by atoms with Crippen LogP contribution in [0, 0.1) is 0 Å². The first-order valence-corrected chi connectivity index (χ1v) is 20.8. The lowest BCUT2D eigenvalue weighted by molar-refractivity contribution is 0.672. The molecule has 0 aliphatic rings. The first-order chi connectivity index (χ1) is 30.3. The fourth-order valence-corrected chi connectivity index (χ4v) is 9.38. The van der Waals surface area contributed by atoms with Crippen LogP contribution in [0.15, 0.2) is 235 Å². The standard InChI is InChI=1S/C58H38N2O/c1-4-17-39(18-5-1)42-35-43(37-46(36-42)60-53-27-14-12-24-48(53)49-25-13-15-28-54(49)60)40-31-33-41(34-32-40)51-38-52-57-55(59(44-19-6-2-7-20-44)45-21-8-3-9-22-45)29-16-30-56(57)61-58(52)50-26-11-10-23-47(50)51/h1-38H. The number of nitrogens with zero attached hydrogens (tertiary/aromatic N) is 2. The summed E-state index contributed by atoms with van der Waals surface area (Å²) < 4.78 is 9.22. The monoisotopic (exact) mass is 778 g/mol. The first-order valence-electron chi connectivity index (χ1n) is 20.8. The van der Waals surface area contributed by atoms with Gasteiger partial charge in [-0.15, -0.1) is 0 Å². The van der Waals surface area contributed by atoms with Crippen molar-refractivity contribution in [1.29, 1.82) is 0 Å². The lowest BCUT2D eigenvalue weighted by Crippen LogP contribution is -2.09. The molecule has 61 heavy (non-hydrogen) atoms. The maximum absolute atomic E-state index is 6.81. The smallest absolute Gasteiger partial charge is 0.143 e. The van der Waals surface area contributed by atoms with E-state index in [0.29, 0.717) is 0 Å². The van der Waals surface area contributed by atoms with Crippen LogP contribution in [0.25, 0.3) is 93.6 Å². The predicted molar refractivity (Wildman–Crippen MR) is 257 cm³/mol. The van der Waals surface area contributed by atoms with Gasteiger partial charge < -0.3 is 13.9 Å². The maximum atomic E-state index is 6.81. The van der Waals surface area contributed by atoms with Crippen LogP contribution in [0.1, 0.15) is 0 Å². The Hall–Kier alpha value is -8.14. The highest BCUT2D eigenvalue weighted by Gasteiger charge is 2.22. The molecule has 2 aromatic heterocycles. The number of hydrogen-bond acceptors (Lipinski definition) is 2. The summed E-state index contributed by atoms with van der Waals surface area (Å²) >= 11 is 0. The first kappa shape index (κ1) is 34.9. The molecule has 3 heteroatoms. The van der Waals surface area contributed by atoms with E-state index < -0.39 is 0 Å². The minimum Gasteiger partial charge on any atom is -0.455 e. The lowest BCUT2D eigenvalue weighted by atomic mass is 9.93. The summed E-state index contributed by atoms with van der Waals surface area (Å²) in [5, 5.41) is 6.94. The van der Waals surface area contributed by atoms with Crippen LogP contribution in [0.5, 0.6) is 0 Å². The molecule has 12 rings (SSSR count). The molecule has 2 heterocycles. The summed E-state index contributed by atoms with van der Waals surface area (Å²) in [6, 6.07) is 82.8. The van der Waals surface area contributed by atoms with E-state index in [9.17, 15) is 0 Å². The van der Waals surface area contributed by atoms with Gasteiger partial charge in [-0.2, -0.15) is 0 Å². The number of benzene rings is 10. The van der Waals surface area contributed by atoms with Crippen molar-refractivity contribution >= 4 is 71.6 Å². The number of anilines is 3. The van der Waals surface area contributed by atoms with E-state index >= 15 is 0 Å². The highest BCUT2D eigenvalue weighted by atomic mass is 16.3. The average molecular weight is 779 g/mol. The SMILES string of the molecule is c1ccc(-c2cc(-c3ccc(-c4cc5c(oc6cccc(N(c7ccccc7)c7ccccc7)c65)c5ccccc45)cc3)cc(-n3c4ccccc4c4ccccc43)c2)cc1. The highest BCUT2D eigenvalue weighted by Crippen LogP contribution is 2.46. The molecule has 0 saturated carbocycles. The van der Waals surface area contributed by atoms with Gasteiger partial charge in [-0.3, -0.25) is 0 Å². The van der Waals surface area contributed by atoms with Crippen LogP contribution in [0.2, 0.25) is 0 Å². The quantitative estimate of drug-likeness (QED) is 0.161. The Balaban J connectivity index is 1.03. The van der Waals surface area contributed by atoms with Crippen LogP contribution in [-0.2, 0) is 0 Å². The zero-order valence-corrected chi connectivity index (χ0v) is 33.2. The summed E-state index contributed by atoms with van der Waals surface area (Å²) in [5.41, 5.74) is 15.5. The second kappa shape index (κ2) is 14.3. The molecule has 0 N–H and O–H groups in total. The molecule has 0 unspecified atom stereocenters. The molecule has 0 saturated heterocycles. The second-order valence-corrected chi connectivity index (χ2v) is 15.7. The van der Waals surface area contributed by atoms with Crippen molar-refractivity contribution < 1.29 is 4.42 Å². The molecule has 0 fully saturated rings. The van der Waals surface area contributed by atoms with E-state index in [-0.39, 0.29) is 0 Å². The van der Waals surface area contributed by atoms with Gasteiger partial charge in [-0.25, -0.2) is 0 Å². The summed E-state index contributed by atoms with van der Waals surface area (Å²) in [4.78, 5) is 2.33. The third-order valence-corrected chi connectivity index (χ3v) is 12.1. The van der Waals surface area contributed by atoms with Crippen molar-refractivity contribution in [2.45, 2.75) is 0 Å². The van der Waals surface area contributed by atoms with Crippen molar-refractivity contribution in [3.8, 4) is 39.1 Å². The zero-order valence-electron chi connectivity index (χ0n) is 33.2. The molecule has 286 valence electrons. The highest BCUT2D eigenvalue weighted by molar-refractivity contribution is 6.22. The Morgan fingerprint density at radius 1 is 0.344 bits per heavy atom. The molecular formula is C58H38N2O. The number of rotatable bonds is 7. The lowest BCUT2D eigenvalue weighted by Gasteiger charge is -2.26. The molecular weight excluding hydrogens is 741 g/mol. The second-order valence-electron chi connectivity index (χ2n) is 15.7. The topological polar surface area (TPSA) is 21.3 Å².